The van der Waals surface area contributed by atoms with Crippen LogP contribution in [-0.2, 0) is 11.3 Å². The average Bonchev–Trinajstić information content (AvgIpc) is 3.08. The smallest absolute Gasteiger partial charge is 0.234 e. The Morgan fingerprint density at radius 3 is 2.10 bits per heavy atom. The number of aliphatic hydroxyl groups excluding tert-OH is 1. The Kier molecular flexibility index (Phi) is 6.67. The molecule has 0 saturated carbocycles. The van der Waals surface area contributed by atoms with Gasteiger partial charge in [0, 0.05) is 61.1 Å². The van der Waals surface area contributed by atoms with Crippen molar-refractivity contribution in [1.29, 1.82) is 0 Å². The zero-order valence-corrected chi connectivity index (χ0v) is 17.8. The van der Waals surface area contributed by atoms with E-state index >= 15 is 0 Å². The maximum atomic E-state index is 11.9. The maximum Gasteiger partial charge on any atom is 0.234 e. The Morgan fingerprint density at radius 2 is 1.50 bits per heavy atom. The maximum absolute atomic E-state index is 11.9. The highest BCUT2D eigenvalue weighted by atomic mass is 16.3. The third-order valence-corrected chi connectivity index (χ3v) is 5.95. The number of amides is 1. The summed E-state index contributed by atoms with van der Waals surface area (Å²) in [6.07, 6.45) is 0.521. The van der Waals surface area contributed by atoms with Crippen LogP contribution in [0.4, 0.5) is 0 Å². The molecular formula is C24H32N4O2. The number of hydrogen-bond acceptors (Lipinski definition) is 4. The number of carbonyl (C=O) groups excluding carboxylic acids is 1. The molecule has 1 amide bonds. The fourth-order valence-electron chi connectivity index (χ4n) is 4.42. The molecule has 6 heteroatoms. The third-order valence-electron chi connectivity index (χ3n) is 5.95. The number of carbonyl (C=O) groups is 1. The Balaban J connectivity index is 1.35. The van der Waals surface area contributed by atoms with E-state index in [4.69, 9.17) is 0 Å². The first-order chi connectivity index (χ1) is 14.7. The van der Waals surface area contributed by atoms with E-state index in [0.29, 0.717) is 19.6 Å². The van der Waals surface area contributed by atoms with E-state index < -0.39 is 6.10 Å². The minimum atomic E-state index is -0.441. The lowest BCUT2D eigenvalue weighted by atomic mass is 10.2. The molecule has 4 rings (SSSR count). The van der Waals surface area contributed by atoms with Crippen LogP contribution in [0.5, 0.6) is 0 Å². The molecule has 1 saturated heterocycles. The van der Waals surface area contributed by atoms with Crippen molar-refractivity contribution in [3.05, 3.63) is 48.5 Å². The lowest BCUT2D eigenvalue weighted by Gasteiger charge is -2.35. The highest BCUT2D eigenvalue weighted by Gasteiger charge is 2.21. The average molecular weight is 409 g/mol. The molecule has 1 fully saturated rings. The standard InChI is InChI=1S/C24H32N4O2/c1-2-11-25-24(30)18-27-14-12-26(13-15-27)16-19(29)17-28-22-9-5-3-7-20(22)21-8-4-6-10-23(21)28/h3-10,19,29H,2,11-18H2,1H3,(H,25,30)/t19-/m1/s1. The summed E-state index contributed by atoms with van der Waals surface area (Å²) in [5.41, 5.74) is 2.33. The normalized spacial score (nSPS) is 16.9. The molecule has 30 heavy (non-hydrogen) atoms. The van der Waals surface area contributed by atoms with Gasteiger partial charge in [-0.05, 0) is 18.6 Å². The Hall–Kier alpha value is -2.41. The molecule has 1 aliphatic heterocycles. The molecule has 0 radical (unpaired) electrons. The largest absolute Gasteiger partial charge is 0.390 e. The number of β-amino-alcohol motifs (C(OH)–C–C–N with tert-alkyl or cyclic N) is 1. The molecule has 160 valence electrons. The van der Waals surface area contributed by atoms with Crippen LogP contribution in [0, 0.1) is 0 Å². The lowest BCUT2D eigenvalue weighted by Crippen LogP contribution is -2.51. The second-order valence-electron chi connectivity index (χ2n) is 8.23. The number of nitrogens with one attached hydrogen (secondary N) is 1. The first-order valence-electron chi connectivity index (χ1n) is 11.0. The molecule has 0 spiro atoms. The minimum Gasteiger partial charge on any atom is -0.390 e. The number of hydrogen-bond donors (Lipinski definition) is 2. The first-order valence-corrected chi connectivity index (χ1v) is 11.0. The molecule has 0 aliphatic carbocycles. The van der Waals surface area contributed by atoms with E-state index in [0.717, 1.165) is 39.1 Å². The van der Waals surface area contributed by atoms with E-state index in [2.05, 4.69) is 75.1 Å². The van der Waals surface area contributed by atoms with E-state index in [9.17, 15) is 9.90 Å². The van der Waals surface area contributed by atoms with Gasteiger partial charge in [0.15, 0.2) is 0 Å². The fourth-order valence-corrected chi connectivity index (χ4v) is 4.42. The van der Waals surface area contributed by atoms with Crippen molar-refractivity contribution in [1.82, 2.24) is 19.7 Å². The molecule has 2 heterocycles. The lowest BCUT2D eigenvalue weighted by molar-refractivity contribution is -0.122. The van der Waals surface area contributed by atoms with Gasteiger partial charge < -0.3 is 15.0 Å². The quantitative estimate of drug-likeness (QED) is 0.601. The Bertz CT molecular complexity index is 938. The molecule has 1 atom stereocenters. The summed E-state index contributed by atoms with van der Waals surface area (Å²) < 4.78 is 2.24. The molecule has 6 nitrogen and oxygen atoms in total. The number of piperazine rings is 1. The SMILES string of the molecule is CCCNC(=O)CN1CCN(C[C@@H](O)Cn2c3ccccc3c3ccccc32)CC1. The number of fused-ring (bicyclic) bond motifs is 3. The van der Waals surface area contributed by atoms with Crippen molar-refractivity contribution in [2.75, 3.05) is 45.8 Å². The van der Waals surface area contributed by atoms with Gasteiger partial charge in [0.1, 0.15) is 0 Å². The van der Waals surface area contributed by atoms with Crippen LogP contribution in [0.1, 0.15) is 13.3 Å². The van der Waals surface area contributed by atoms with E-state index in [-0.39, 0.29) is 5.91 Å². The van der Waals surface area contributed by atoms with Crippen LogP contribution in [0.25, 0.3) is 21.8 Å². The van der Waals surface area contributed by atoms with E-state index in [1.807, 2.05) is 0 Å². The van der Waals surface area contributed by atoms with Crippen molar-refractivity contribution in [3.63, 3.8) is 0 Å². The van der Waals surface area contributed by atoms with Gasteiger partial charge in [0.25, 0.3) is 0 Å². The van der Waals surface area contributed by atoms with Gasteiger partial charge in [0.05, 0.1) is 19.2 Å². The van der Waals surface area contributed by atoms with Crippen LogP contribution in [0.3, 0.4) is 0 Å². The van der Waals surface area contributed by atoms with Crippen molar-refractivity contribution in [2.45, 2.75) is 26.0 Å². The molecule has 1 aliphatic rings. The predicted octanol–water partition coefficient (Wildman–Crippen LogP) is 2.30. The molecule has 0 unspecified atom stereocenters. The number of aliphatic hydroxyl groups is 1. The fraction of sp³-hybridized carbons (Fsp3) is 0.458. The van der Waals surface area contributed by atoms with Gasteiger partial charge >= 0.3 is 0 Å². The molecule has 2 N–H and O–H groups in total. The van der Waals surface area contributed by atoms with Crippen LogP contribution in [0.2, 0.25) is 0 Å². The van der Waals surface area contributed by atoms with Gasteiger partial charge in [-0.25, -0.2) is 0 Å². The van der Waals surface area contributed by atoms with Crippen LogP contribution >= 0.6 is 0 Å². The highest BCUT2D eigenvalue weighted by Crippen LogP contribution is 2.28. The summed E-state index contributed by atoms with van der Waals surface area (Å²) in [6, 6.07) is 16.8. The van der Waals surface area contributed by atoms with Crippen LogP contribution in [0.15, 0.2) is 48.5 Å². The third kappa shape index (κ3) is 4.67. The van der Waals surface area contributed by atoms with Crippen LogP contribution < -0.4 is 5.32 Å². The van der Waals surface area contributed by atoms with Crippen molar-refractivity contribution < 1.29 is 9.90 Å². The summed E-state index contributed by atoms with van der Waals surface area (Å²) >= 11 is 0. The van der Waals surface area contributed by atoms with Gasteiger partial charge in [0.2, 0.25) is 5.91 Å². The number of benzene rings is 2. The Morgan fingerprint density at radius 1 is 0.933 bits per heavy atom. The van der Waals surface area contributed by atoms with E-state index in [1.54, 1.807) is 0 Å². The molecule has 1 aromatic heterocycles. The topological polar surface area (TPSA) is 60.7 Å². The second-order valence-corrected chi connectivity index (χ2v) is 8.23. The summed E-state index contributed by atoms with van der Waals surface area (Å²) in [6.45, 7) is 7.99. The second kappa shape index (κ2) is 9.60. The molecular weight excluding hydrogens is 376 g/mol. The Labute approximate surface area is 178 Å². The number of nitrogens with zero attached hydrogens (tertiary/aromatic N) is 3. The van der Waals surface area contributed by atoms with Gasteiger partial charge in [-0.2, -0.15) is 0 Å². The molecule has 2 aromatic carbocycles. The van der Waals surface area contributed by atoms with Crippen molar-refractivity contribution in [2.24, 2.45) is 0 Å². The first kappa shape index (κ1) is 20.8. The number of aromatic nitrogens is 1. The van der Waals surface area contributed by atoms with Gasteiger partial charge in [-0.15, -0.1) is 0 Å². The van der Waals surface area contributed by atoms with Gasteiger partial charge in [-0.1, -0.05) is 43.3 Å². The van der Waals surface area contributed by atoms with Crippen LogP contribution in [-0.4, -0.2) is 77.3 Å². The zero-order valence-electron chi connectivity index (χ0n) is 17.8. The highest BCUT2D eigenvalue weighted by molar-refractivity contribution is 6.07. The number of para-hydroxylation sites is 2. The summed E-state index contributed by atoms with van der Waals surface area (Å²) in [5, 5.41) is 16.3. The minimum absolute atomic E-state index is 0.108. The van der Waals surface area contributed by atoms with Crippen molar-refractivity contribution in [3.8, 4) is 0 Å². The zero-order chi connectivity index (χ0) is 20.9. The summed E-state index contributed by atoms with van der Waals surface area (Å²) in [7, 11) is 0. The molecule has 3 aromatic rings. The monoisotopic (exact) mass is 408 g/mol. The van der Waals surface area contributed by atoms with Gasteiger partial charge in [-0.3, -0.25) is 14.6 Å². The van der Waals surface area contributed by atoms with E-state index in [1.165, 1.54) is 21.8 Å². The summed E-state index contributed by atoms with van der Waals surface area (Å²) in [4.78, 5) is 16.4. The number of rotatable bonds is 8. The summed E-state index contributed by atoms with van der Waals surface area (Å²) in [5.74, 6) is 0.108. The predicted molar refractivity (Wildman–Crippen MR) is 122 cm³/mol. The van der Waals surface area contributed by atoms with Crippen molar-refractivity contribution >= 4 is 27.7 Å². The molecule has 0 bridgehead atoms.